The van der Waals surface area contributed by atoms with Gasteiger partial charge >= 0.3 is 12.1 Å². The third-order valence-corrected chi connectivity index (χ3v) is 5.63. The lowest BCUT2D eigenvalue weighted by atomic mass is 9.70. The number of hydrogen-bond acceptors (Lipinski definition) is 5. The van der Waals surface area contributed by atoms with Crippen molar-refractivity contribution >= 4 is 17.6 Å². The maximum Gasteiger partial charge on any atom is 0.392 e. The highest BCUT2D eigenvalue weighted by Crippen LogP contribution is 2.44. The Hall–Kier alpha value is -1.79. The molecule has 162 valence electrons. The van der Waals surface area contributed by atoms with E-state index in [1.807, 2.05) is 0 Å². The third kappa shape index (κ3) is 5.86. The molecule has 4 unspecified atom stereocenters. The average molecular weight is 439 g/mol. The van der Waals surface area contributed by atoms with Crippen molar-refractivity contribution in [3.8, 4) is 6.07 Å². The Balaban J connectivity index is 2.40. The van der Waals surface area contributed by atoms with Crippen LogP contribution in [0.25, 0.3) is 0 Å². The van der Waals surface area contributed by atoms with E-state index in [9.17, 15) is 27.6 Å². The molecule has 0 amide bonds. The van der Waals surface area contributed by atoms with Gasteiger partial charge in [-0.05, 0) is 32.1 Å². The van der Waals surface area contributed by atoms with E-state index in [0.717, 1.165) is 0 Å². The summed E-state index contributed by atoms with van der Waals surface area (Å²) in [5, 5.41) is 12.0. The Morgan fingerprint density at radius 3 is 2.62 bits per heavy atom. The fraction of sp³-hybridized carbons (Fsp3) is 0.684. The monoisotopic (exact) mass is 438 g/mol. The van der Waals surface area contributed by atoms with Gasteiger partial charge in [0.05, 0.1) is 35.9 Å². The highest BCUT2D eigenvalue weighted by molar-refractivity contribution is 6.21. The maximum atomic E-state index is 13.8. The zero-order valence-corrected chi connectivity index (χ0v) is 16.9. The predicted octanol–water partition coefficient (Wildman–Crippen LogP) is 4.15. The molecule has 2 aliphatic rings. The Bertz CT molecular complexity index is 730. The molecule has 0 bridgehead atoms. The Labute approximate surface area is 171 Å². The van der Waals surface area contributed by atoms with E-state index in [2.05, 4.69) is 11.4 Å². The highest BCUT2D eigenvalue weighted by Gasteiger charge is 2.44. The van der Waals surface area contributed by atoms with Crippen LogP contribution in [-0.2, 0) is 14.3 Å². The highest BCUT2D eigenvalue weighted by atomic mass is 35.5. The smallest absolute Gasteiger partial charge is 0.392 e. The van der Waals surface area contributed by atoms with Gasteiger partial charge in [0.1, 0.15) is 12.8 Å². The van der Waals surface area contributed by atoms with Gasteiger partial charge in [-0.15, -0.1) is 11.6 Å². The number of dihydropyridines is 1. The van der Waals surface area contributed by atoms with Gasteiger partial charge in [-0.2, -0.15) is 18.4 Å². The van der Waals surface area contributed by atoms with Crippen molar-refractivity contribution in [1.82, 2.24) is 5.32 Å². The fourth-order valence-electron chi connectivity index (χ4n) is 3.82. The van der Waals surface area contributed by atoms with Crippen molar-refractivity contribution in [3.05, 3.63) is 22.5 Å². The lowest BCUT2D eigenvalue weighted by Crippen LogP contribution is -2.41. The second kappa shape index (κ2) is 9.81. The van der Waals surface area contributed by atoms with Crippen LogP contribution in [0.1, 0.15) is 32.6 Å². The molecule has 0 radical (unpaired) electrons. The molecule has 0 spiro atoms. The van der Waals surface area contributed by atoms with Crippen molar-refractivity contribution < 1.29 is 31.8 Å². The van der Waals surface area contributed by atoms with Crippen LogP contribution >= 0.6 is 11.6 Å². The number of hydrogen-bond donors (Lipinski definition) is 1. The number of nitriles is 1. The van der Waals surface area contributed by atoms with E-state index in [1.54, 1.807) is 6.92 Å². The number of carbonyl (C=O) groups excluding carboxylic acids is 1. The molecule has 0 aromatic carbocycles. The van der Waals surface area contributed by atoms with Crippen LogP contribution in [0.15, 0.2) is 22.5 Å². The minimum absolute atomic E-state index is 0.0177. The molecule has 5 nitrogen and oxygen atoms in total. The molecule has 1 aliphatic heterocycles. The molecule has 0 saturated heterocycles. The first-order valence-corrected chi connectivity index (χ1v) is 9.64. The van der Waals surface area contributed by atoms with Gasteiger partial charge in [-0.1, -0.05) is 0 Å². The minimum atomic E-state index is -4.47. The molecular formula is C19H23ClF4N2O3. The summed E-state index contributed by atoms with van der Waals surface area (Å²) in [6.45, 7) is 0.767. The molecule has 2 rings (SSSR count). The standard InChI is InChI=1S/C19H23ClF4N2O3/c1-10-13(8-25)16(12-4-3-11(21)7-14(12)20)17(15(26-10)9-28-2)18(27)29-6-5-19(22,23)24/h11-12,14,16,26H,3-7,9H2,1-2H3. The Morgan fingerprint density at radius 1 is 1.38 bits per heavy atom. The number of rotatable bonds is 6. The summed E-state index contributed by atoms with van der Waals surface area (Å²) in [6, 6.07) is 2.06. The first-order chi connectivity index (χ1) is 13.6. The van der Waals surface area contributed by atoms with Crippen molar-refractivity contribution in [2.75, 3.05) is 20.3 Å². The largest absolute Gasteiger partial charge is 0.462 e. The summed E-state index contributed by atoms with van der Waals surface area (Å²) < 4.78 is 61.0. The molecule has 10 heteroatoms. The summed E-state index contributed by atoms with van der Waals surface area (Å²) in [6.07, 6.45) is -6.19. The third-order valence-electron chi connectivity index (χ3n) is 5.12. The molecule has 1 heterocycles. The van der Waals surface area contributed by atoms with E-state index in [-0.39, 0.29) is 30.6 Å². The van der Waals surface area contributed by atoms with Crippen molar-refractivity contribution in [2.24, 2.45) is 11.8 Å². The van der Waals surface area contributed by atoms with Crippen LogP contribution in [0.4, 0.5) is 17.6 Å². The zero-order valence-electron chi connectivity index (χ0n) is 16.1. The predicted molar refractivity (Wildman–Crippen MR) is 97.3 cm³/mol. The number of esters is 1. The molecule has 0 aromatic heterocycles. The molecule has 1 aliphatic carbocycles. The van der Waals surface area contributed by atoms with Gasteiger partial charge in [0.2, 0.25) is 0 Å². The van der Waals surface area contributed by atoms with Crippen LogP contribution in [0.2, 0.25) is 0 Å². The van der Waals surface area contributed by atoms with Gasteiger partial charge in [-0.3, -0.25) is 0 Å². The van der Waals surface area contributed by atoms with Gasteiger partial charge in [0.15, 0.2) is 0 Å². The van der Waals surface area contributed by atoms with Crippen LogP contribution in [0.3, 0.4) is 0 Å². The average Bonchev–Trinajstić information content (AvgIpc) is 2.60. The number of allylic oxidation sites excluding steroid dienone is 2. The Morgan fingerprint density at radius 2 is 2.07 bits per heavy atom. The summed E-state index contributed by atoms with van der Waals surface area (Å²) in [7, 11) is 1.40. The van der Waals surface area contributed by atoms with E-state index < -0.39 is 48.6 Å². The van der Waals surface area contributed by atoms with E-state index >= 15 is 0 Å². The molecule has 4 atom stereocenters. The first kappa shape index (κ1) is 23.5. The maximum absolute atomic E-state index is 13.8. The number of halogens is 5. The topological polar surface area (TPSA) is 71.3 Å². The van der Waals surface area contributed by atoms with E-state index in [4.69, 9.17) is 21.1 Å². The van der Waals surface area contributed by atoms with Gasteiger partial charge in [-0.25, -0.2) is 9.18 Å². The van der Waals surface area contributed by atoms with Crippen LogP contribution in [0, 0.1) is 23.2 Å². The normalized spacial score (nSPS) is 28.1. The van der Waals surface area contributed by atoms with Gasteiger partial charge in [0.25, 0.3) is 0 Å². The zero-order chi connectivity index (χ0) is 21.8. The molecular weight excluding hydrogens is 416 g/mol. The summed E-state index contributed by atoms with van der Waals surface area (Å²) >= 11 is 6.39. The number of methoxy groups -OCH3 is 1. The molecule has 1 N–H and O–H groups in total. The SMILES string of the molecule is COCC1=C(C(=O)OCCC(F)(F)F)C(C2CCC(F)CC2Cl)C(C#N)=C(C)N1. The number of carbonyl (C=O) groups is 1. The second-order valence-electron chi connectivity index (χ2n) is 7.17. The van der Waals surface area contributed by atoms with Gasteiger partial charge < -0.3 is 14.8 Å². The van der Waals surface area contributed by atoms with Crippen molar-refractivity contribution in [1.29, 1.82) is 5.26 Å². The molecule has 1 fully saturated rings. The summed E-state index contributed by atoms with van der Waals surface area (Å²) in [5.41, 5.74) is 1.05. The van der Waals surface area contributed by atoms with Gasteiger partial charge in [0, 0.05) is 24.1 Å². The summed E-state index contributed by atoms with van der Waals surface area (Å²) in [5.74, 6) is -2.21. The number of nitrogens with one attached hydrogen (secondary N) is 1. The van der Waals surface area contributed by atoms with E-state index in [0.29, 0.717) is 17.8 Å². The summed E-state index contributed by atoms with van der Waals surface area (Å²) in [4.78, 5) is 12.8. The molecule has 0 aromatic rings. The molecule has 29 heavy (non-hydrogen) atoms. The van der Waals surface area contributed by atoms with Crippen LogP contribution in [-0.4, -0.2) is 44.0 Å². The van der Waals surface area contributed by atoms with Crippen molar-refractivity contribution in [2.45, 2.75) is 50.3 Å². The Kier molecular flexibility index (Phi) is 7.94. The lowest BCUT2D eigenvalue weighted by molar-refractivity contribution is -0.156. The quantitative estimate of drug-likeness (QED) is 0.383. The van der Waals surface area contributed by atoms with E-state index in [1.165, 1.54) is 7.11 Å². The van der Waals surface area contributed by atoms with Crippen LogP contribution < -0.4 is 5.32 Å². The first-order valence-electron chi connectivity index (χ1n) is 9.20. The van der Waals surface area contributed by atoms with Crippen LogP contribution in [0.5, 0.6) is 0 Å². The molecule has 1 saturated carbocycles. The fourth-order valence-corrected chi connectivity index (χ4v) is 4.28. The second-order valence-corrected chi connectivity index (χ2v) is 7.73. The van der Waals surface area contributed by atoms with Crippen molar-refractivity contribution in [3.63, 3.8) is 0 Å². The minimum Gasteiger partial charge on any atom is -0.462 e. The number of alkyl halides is 5. The number of ether oxygens (including phenoxy) is 2. The number of nitrogens with zero attached hydrogens (tertiary/aromatic N) is 1. The lowest BCUT2D eigenvalue weighted by Gasteiger charge is -2.39.